The Morgan fingerprint density at radius 2 is 2.32 bits per heavy atom. The summed E-state index contributed by atoms with van der Waals surface area (Å²) in [7, 11) is 1.66. The van der Waals surface area contributed by atoms with Gasteiger partial charge in [0.1, 0.15) is 6.61 Å². The van der Waals surface area contributed by atoms with E-state index in [0.29, 0.717) is 13.2 Å². The highest BCUT2D eigenvalue weighted by Gasteiger charge is 2.25. The van der Waals surface area contributed by atoms with Gasteiger partial charge in [-0.3, -0.25) is 0 Å². The third-order valence-corrected chi connectivity index (χ3v) is 4.13. The maximum Gasteiger partial charge on any atom is 0.177 e. The van der Waals surface area contributed by atoms with Gasteiger partial charge in [0, 0.05) is 30.3 Å². The highest BCUT2D eigenvalue weighted by Crippen LogP contribution is 2.37. The van der Waals surface area contributed by atoms with Crippen molar-refractivity contribution >= 4 is 24.6 Å². The predicted octanol–water partition coefficient (Wildman–Crippen LogP) is 2.65. The Balaban J connectivity index is 0.00000176. The molecule has 0 spiro atoms. The van der Waals surface area contributed by atoms with Crippen molar-refractivity contribution in [2.45, 2.75) is 18.9 Å². The van der Waals surface area contributed by atoms with Crippen molar-refractivity contribution in [3.63, 3.8) is 0 Å². The van der Waals surface area contributed by atoms with Crippen LogP contribution in [0.1, 0.15) is 17.3 Å². The fourth-order valence-electron chi connectivity index (χ4n) is 2.86. The van der Waals surface area contributed by atoms with Gasteiger partial charge >= 0.3 is 0 Å². The number of ether oxygens (including phenoxy) is 2. The molecule has 7 heteroatoms. The molecule has 1 aliphatic heterocycles. The van der Waals surface area contributed by atoms with Gasteiger partial charge in [-0.15, -0.1) is 12.4 Å². The van der Waals surface area contributed by atoms with Gasteiger partial charge in [0.2, 0.25) is 0 Å². The Bertz CT molecular complexity index is 698. The molecule has 0 unspecified atom stereocenters. The van der Waals surface area contributed by atoms with E-state index in [1.165, 1.54) is 0 Å². The molecule has 1 aromatic carbocycles. The van der Waals surface area contributed by atoms with Crippen LogP contribution < -0.4 is 15.2 Å². The highest BCUT2D eigenvalue weighted by atomic mass is 35.5. The maximum absolute atomic E-state index is 5.93. The average molecular weight is 342 g/mol. The number of aromatic amines is 1. The summed E-state index contributed by atoms with van der Waals surface area (Å²) in [6, 6.07) is 6.16. The number of aromatic nitrogens is 2. The molecule has 0 fully saturated rings. The number of imidazole rings is 1. The zero-order valence-electron chi connectivity index (χ0n) is 12.4. The summed E-state index contributed by atoms with van der Waals surface area (Å²) in [5, 5.41) is 0. The van der Waals surface area contributed by atoms with Crippen molar-refractivity contribution in [2.75, 3.05) is 20.3 Å². The fraction of sp³-hybridized carbons (Fsp3) is 0.400. The van der Waals surface area contributed by atoms with E-state index < -0.39 is 0 Å². The van der Waals surface area contributed by atoms with Crippen LogP contribution in [0.15, 0.2) is 24.4 Å². The number of H-pyrrole nitrogens is 1. The Morgan fingerprint density at radius 3 is 3.05 bits per heavy atom. The summed E-state index contributed by atoms with van der Waals surface area (Å²) in [5.74, 6) is 1.63. The molecule has 0 bridgehead atoms. The van der Waals surface area contributed by atoms with E-state index in [4.69, 9.17) is 27.4 Å². The van der Waals surface area contributed by atoms with Crippen LogP contribution in [0, 0.1) is 4.77 Å². The van der Waals surface area contributed by atoms with Crippen molar-refractivity contribution in [3.05, 3.63) is 40.4 Å². The largest absolute Gasteiger partial charge is 0.493 e. The first-order valence-corrected chi connectivity index (χ1v) is 7.43. The summed E-state index contributed by atoms with van der Waals surface area (Å²) < 4.78 is 14.1. The quantitative estimate of drug-likeness (QED) is 0.839. The molecule has 2 heterocycles. The Labute approximate surface area is 140 Å². The third kappa shape index (κ3) is 2.99. The molecule has 3 rings (SSSR count). The number of halogens is 1. The van der Waals surface area contributed by atoms with Crippen molar-refractivity contribution in [3.8, 4) is 11.5 Å². The monoisotopic (exact) mass is 341 g/mol. The first kappa shape index (κ1) is 16.9. The molecule has 0 saturated heterocycles. The van der Waals surface area contributed by atoms with Crippen LogP contribution in [-0.4, -0.2) is 29.8 Å². The molecular weight excluding hydrogens is 322 g/mol. The summed E-state index contributed by atoms with van der Waals surface area (Å²) in [6.07, 6.45) is 3.61. The van der Waals surface area contributed by atoms with E-state index in [1.807, 2.05) is 18.3 Å². The number of methoxy groups -OCH3 is 1. The van der Waals surface area contributed by atoms with E-state index in [1.54, 1.807) is 7.11 Å². The standard InChI is InChI=1S/C15H19N3O2S.ClH/c1-19-13-4-2-3-10-7-12(9-20-14(10)13)18-11(5-6-16)8-17-15(18)21;/h2-4,8,12H,5-7,9,16H2,1H3,(H,17,21);1H/t12-;/m0./s1. The number of hydrogen-bond acceptors (Lipinski definition) is 4. The number of nitrogens with two attached hydrogens (primary N) is 1. The van der Waals surface area contributed by atoms with E-state index in [-0.39, 0.29) is 18.4 Å². The van der Waals surface area contributed by atoms with Gasteiger partial charge in [0.05, 0.1) is 13.2 Å². The van der Waals surface area contributed by atoms with Gasteiger partial charge < -0.3 is 24.8 Å². The number of hydrogen-bond donors (Lipinski definition) is 2. The predicted molar refractivity (Wildman–Crippen MR) is 90.9 cm³/mol. The van der Waals surface area contributed by atoms with Crippen molar-refractivity contribution in [1.82, 2.24) is 9.55 Å². The zero-order valence-corrected chi connectivity index (χ0v) is 14.0. The van der Waals surface area contributed by atoms with E-state index in [2.05, 4.69) is 15.6 Å². The molecule has 3 N–H and O–H groups in total. The molecule has 0 radical (unpaired) electrons. The summed E-state index contributed by atoms with van der Waals surface area (Å²) in [5.41, 5.74) is 7.95. The first-order chi connectivity index (χ1) is 10.2. The summed E-state index contributed by atoms with van der Waals surface area (Å²) in [4.78, 5) is 3.11. The number of rotatable bonds is 4. The van der Waals surface area contributed by atoms with Gasteiger partial charge in [-0.25, -0.2) is 0 Å². The molecule has 1 atom stereocenters. The van der Waals surface area contributed by atoms with E-state index in [9.17, 15) is 0 Å². The molecule has 1 aromatic heterocycles. The van der Waals surface area contributed by atoms with Crippen LogP contribution in [0.2, 0.25) is 0 Å². The lowest BCUT2D eigenvalue weighted by atomic mass is 10.0. The van der Waals surface area contributed by atoms with Gasteiger partial charge in [0.15, 0.2) is 16.3 Å². The van der Waals surface area contributed by atoms with Crippen LogP contribution in [-0.2, 0) is 12.8 Å². The molecular formula is C15H20ClN3O2S. The number of benzene rings is 1. The second-order valence-corrected chi connectivity index (χ2v) is 5.50. The first-order valence-electron chi connectivity index (χ1n) is 7.02. The minimum Gasteiger partial charge on any atom is -0.493 e. The van der Waals surface area contributed by atoms with Gasteiger partial charge in [0.25, 0.3) is 0 Å². The normalized spacial score (nSPS) is 16.4. The van der Waals surface area contributed by atoms with Crippen molar-refractivity contribution in [2.24, 2.45) is 5.73 Å². The van der Waals surface area contributed by atoms with E-state index in [0.717, 1.165) is 40.4 Å². The van der Waals surface area contributed by atoms with Crippen LogP contribution >= 0.6 is 24.6 Å². The minimum atomic E-state index is 0. The van der Waals surface area contributed by atoms with E-state index >= 15 is 0 Å². The highest BCUT2D eigenvalue weighted by molar-refractivity contribution is 7.71. The molecule has 22 heavy (non-hydrogen) atoms. The SMILES string of the molecule is COc1cccc2c1OC[C@@H](n1c(CCN)c[nH]c1=S)C2.Cl. The number of fused-ring (bicyclic) bond motifs is 1. The molecule has 120 valence electrons. The second kappa shape index (κ2) is 7.17. The molecule has 2 aromatic rings. The maximum atomic E-state index is 5.93. The third-order valence-electron chi connectivity index (χ3n) is 3.81. The topological polar surface area (TPSA) is 65.2 Å². The lowest BCUT2D eigenvalue weighted by Gasteiger charge is -2.28. The lowest BCUT2D eigenvalue weighted by Crippen LogP contribution is -2.26. The van der Waals surface area contributed by atoms with Crippen LogP contribution in [0.4, 0.5) is 0 Å². The van der Waals surface area contributed by atoms with Crippen LogP contribution in [0.3, 0.4) is 0 Å². The number of para-hydroxylation sites is 1. The molecule has 0 amide bonds. The lowest BCUT2D eigenvalue weighted by molar-refractivity contribution is 0.211. The number of nitrogens with zero attached hydrogens (tertiary/aromatic N) is 1. The Hall–Kier alpha value is -1.50. The summed E-state index contributed by atoms with van der Waals surface area (Å²) in [6.45, 7) is 1.18. The molecule has 0 aliphatic carbocycles. The molecule has 1 aliphatic rings. The van der Waals surface area contributed by atoms with Gasteiger partial charge in [-0.1, -0.05) is 12.1 Å². The molecule has 0 saturated carbocycles. The second-order valence-electron chi connectivity index (χ2n) is 5.11. The Morgan fingerprint density at radius 1 is 1.50 bits per heavy atom. The van der Waals surface area contributed by atoms with Crippen molar-refractivity contribution in [1.29, 1.82) is 0 Å². The van der Waals surface area contributed by atoms with Gasteiger partial charge in [-0.2, -0.15) is 0 Å². The Kier molecular flexibility index (Phi) is 5.50. The van der Waals surface area contributed by atoms with Gasteiger partial charge in [-0.05, 0) is 24.8 Å². The minimum absolute atomic E-state index is 0. The zero-order chi connectivity index (χ0) is 14.8. The van der Waals surface area contributed by atoms with Crippen LogP contribution in [0.5, 0.6) is 11.5 Å². The van der Waals surface area contributed by atoms with Crippen LogP contribution in [0.25, 0.3) is 0 Å². The number of nitrogens with one attached hydrogen (secondary N) is 1. The summed E-state index contributed by atoms with van der Waals surface area (Å²) >= 11 is 5.40. The van der Waals surface area contributed by atoms with Crippen molar-refractivity contribution < 1.29 is 9.47 Å². The molecule has 5 nitrogen and oxygen atoms in total. The average Bonchev–Trinajstić information content (AvgIpc) is 2.87. The fourth-order valence-corrected chi connectivity index (χ4v) is 3.19. The smallest absolute Gasteiger partial charge is 0.177 e.